The molecule has 2 aliphatic rings. The number of rotatable bonds is 4. The Bertz CT molecular complexity index is 781. The molecule has 3 heterocycles. The molecule has 0 bridgehead atoms. The van der Waals surface area contributed by atoms with Gasteiger partial charge in [0.05, 0.1) is 11.5 Å². The number of aryl methyl sites for hydroxylation is 1. The molecule has 26 heavy (non-hydrogen) atoms. The van der Waals surface area contributed by atoms with Crippen molar-refractivity contribution in [2.45, 2.75) is 46.1 Å². The Morgan fingerprint density at radius 1 is 1.35 bits per heavy atom. The number of likely N-dealkylation sites (tertiary alicyclic amines) is 1. The number of amides is 1. The highest BCUT2D eigenvalue weighted by molar-refractivity contribution is 7.91. The van der Waals surface area contributed by atoms with Crippen molar-refractivity contribution in [2.75, 3.05) is 36.0 Å². The van der Waals surface area contributed by atoms with Crippen LogP contribution in [-0.4, -0.2) is 66.4 Å². The molecule has 1 aromatic heterocycles. The van der Waals surface area contributed by atoms with E-state index < -0.39 is 9.84 Å². The van der Waals surface area contributed by atoms with Gasteiger partial charge in [-0.1, -0.05) is 6.92 Å². The Balaban J connectivity index is 1.85. The fourth-order valence-corrected chi connectivity index (χ4v) is 5.70. The van der Waals surface area contributed by atoms with Gasteiger partial charge in [0, 0.05) is 31.7 Å². The summed E-state index contributed by atoms with van der Waals surface area (Å²) in [7, 11) is -2.98. The van der Waals surface area contributed by atoms with Gasteiger partial charge in [-0.25, -0.2) is 18.4 Å². The number of aromatic nitrogens is 2. The molecule has 1 aromatic rings. The second-order valence-corrected chi connectivity index (χ2v) is 9.73. The van der Waals surface area contributed by atoms with Crippen molar-refractivity contribution in [2.24, 2.45) is 5.92 Å². The summed E-state index contributed by atoms with van der Waals surface area (Å²) in [6.45, 7) is 8.09. The van der Waals surface area contributed by atoms with Gasteiger partial charge in [-0.15, -0.1) is 0 Å². The first-order valence-electron chi connectivity index (χ1n) is 9.41. The maximum atomic E-state index is 12.9. The van der Waals surface area contributed by atoms with E-state index in [-0.39, 0.29) is 23.5 Å². The van der Waals surface area contributed by atoms with E-state index in [2.05, 4.69) is 16.9 Å². The number of hydrogen-bond acceptors (Lipinski definition) is 6. The maximum absolute atomic E-state index is 12.9. The Kier molecular flexibility index (Phi) is 5.50. The Labute approximate surface area is 155 Å². The monoisotopic (exact) mass is 380 g/mol. The zero-order valence-electron chi connectivity index (χ0n) is 15.8. The van der Waals surface area contributed by atoms with Crippen LogP contribution in [0.25, 0.3) is 0 Å². The molecule has 2 aliphatic heterocycles. The zero-order valence-corrected chi connectivity index (χ0v) is 16.6. The van der Waals surface area contributed by atoms with E-state index in [1.54, 1.807) is 13.0 Å². The fraction of sp³-hybridized carbons (Fsp3) is 0.722. The van der Waals surface area contributed by atoms with Gasteiger partial charge in [-0.2, -0.15) is 0 Å². The number of sulfone groups is 1. The van der Waals surface area contributed by atoms with Gasteiger partial charge >= 0.3 is 0 Å². The average molecular weight is 381 g/mol. The quantitative estimate of drug-likeness (QED) is 0.790. The Morgan fingerprint density at radius 3 is 2.73 bits per heavy atom. The lowest BCUT2D eigenvalue weighted by atomic mass is 10.00. The van der Waals surface area contributed by atoms with Crippen LogP contribution in [0, 0.1) is 12.8 Å². The first-order valence-corrected chi connectivity index (χ1v) is 11.2. The molecular formula is C18H28N4O3S. The summed E-state index contributed by atoms with van der Waals surface area (Å²) in [5.74, 6) is 2.00. The molecule has 0 radical (unpaired) electrons. The van der Waals surface area contributed by atoms with E-state index in [9.17, 15) is 13.2 Å². The Hall–Kier alpha value is -1.70. The van der Waals surface area contributed by atoms with Gasteiger partial charge in [-0.3, -0.25) is 4.79 Å². The van der Waals surface area contributed by atoms with E-state index in [1.165, 1.54) is 0 Å². The second-order valence-electron chi connectivity index (χ2n) is 7.50. The minimum absolute atomic E-state index is 0.0570. The SMILES string of the molecule is CCN(c1cc(C(=O)N2CCCC(C)C2)nc(C)n1)C1CCS(=O)(=O)C1. The van der Waals surface area contributed by atoms with Gasteiger partial charge in [0.2, 0.25) is 0 Å². The molecule has 144 valence electrons. The summed E-state index contributed by atoms with van der Waals surface area (Å²) in [4.78, 5) is 25.6. The lowest BCUT2D eigenvalue weighted by molar-refractivity contribution is 0.0676. The number of anilines is 1. The lowest BCUT2D eigenvalue weighted by Gasteiger charge is -2.31. The first-order chi connectivity index (χ1) is 12.3. The summed E-state index contributed by atoms with van der Waals surface area (Å²) < 4.78 is 23.7. The number of hydrogen-bond donors (Lipinski definition) is 0. The molecule has 0 saturated carbocycles. The number of carbonyl (C=O) groups excluding carboxylic acids is 1. The van der Waals surface area contributed by atoms with Crippen molar-refractivity contribution >= 4 is 21.6 Å². The van der Waals surface area contributed by atoms with E-state index >= 15 is 0 Å². The first kappa shape index (κ1) is 19.1. The zero-order chi connectivity index (χ0) is 18.9. The average Bonchev–Trinajstić information content (AvgIpc) is 2.94. The summed E-state index contributed by atoms with van der Waals surface area (Å²) in [5.41, 5.74) is 0.404. The highest BCUT2D eigenvalue weighted by atomic mass is 32.2. The standard InChI is InChI=1S/C18H28N4O3S/c1-4-22(15-7-9-26(24,25)12-15)17-10-16(19-14(3)20-17)18(23)21-8-5-6-13(2)11-21/h10,13,15H,4-9,11-12H2,1-3H3. The van der Waals surface area contributed by atoms with Gasteiger partial charge in [0.1, 0.15) is 17.3 Å². The fourth-order valence-electron chi connectivity index (χ4n) is 3.97. The molecule has 2 fully saturated rings. The predicted octanol–water partition coefficient (Wildman–Crippen LogP) is 1.67. The molecule has 7 nitrogen and oxygen atoms in total. The molecule has 8 heteroatoms. The van der Waals surface area contributed by atoms with Crippen LogP contribution in [0.15, 0.2) is 6.07 Å². The van der Waals surface area contributed by atoms with Gasteiger partial charge in [0.25, 0.3) is 5.91 Å². The largest absolute Gasteiger partial charge is 0.353 e. The molecule has 0 aliphatic carbocycles. The predicted molar refractivity (Wildman–Crippen MR) is 101 cm³/mol. The third kappa shape index (κ3) is 4.16. The highest BCUT2D eigenvalue weighted by Crippen LogP contribution is 2.24. The third-order valence-corrected chi connectivity index (χ3v) is 7.02. The molecule has 0 N–H and O–H groups in total. The van der Waals surface area contributed by atoms with Crippen LogP contribution in [0.3, 0.4) is 0 Å². The van der Waals surface area contributed by atoms with Crippen LogP contribution in [0.1, 0.15) is 49.4 Å². The maximum Gasteiger partial charge on any atom is 0.272 e. The molecular weight excluding hydrogens is 352 g/mol. The van der Waals surface area contributed by atoms with Gasteiger partial charge < -0.3 is 9.80 Å². The van der Waals surface area contributed by atoms with Crippen LogP contribution in [0.5, 0.6) is 0 Å². The smallest absolute Gasteiger partial charge is 0.272 e. The van der Waals surface area contributed by atoms with Crippen molar-refractivity contribution in [1.29, 1.82) is 0 Å². The summed E-state index contributed by atoms with van der Waals surface area (Å²) in [6, 6.07) is 1.64. The Morgan fingerprint density at radius 2 is 2.12 bits per heavy atom. The molecule has 2 unspecified atom stereocenters. The molecule has 2 saturated heterocycles. The van der Waals surface area contributed by atoms with Gasteiger partial charge in [0.15, 0.2) is 9.84 Å². The molecule has 3 rings (SSSR count). The van der Waals surface area contributed by atoms with Crippen molar-refractivity contribution in [3.8, 4) is 0 Å². The van der Waals surface area contributed by atoms with E-state index in [0.717, 1.165) is 25.9 Å². The summed E-state index contributed by atoms with van der Waals surface area (Å²) in [5, 5.41) is 0. The van der Waals surface area contributed by atoms with Crippen molar-refractivity contribution in [3.63, 3.8) is 0 Å². The van der Waals surface area contributed by atoms with Crippen LogP contribution in [0.2, 0.25) is 0 Å². The van der Waals surface area contributed by atoms with Crippen LogP contribution in [-0.2, 0) is 9.84 Å². The van der Waals surface area contributed by atoms with E-state index in [1.807, 2.05) is 16.7 Å². The lowest BCUT2D eigenvalue weighted by Crippen LogP contribution is -2.40. The summed E-state index contributed by atoms with van der Waals surface area (Å²) >= 11 is 0. The summed E-state index contributed by atoms with van der Waals surface area (Å²) in [6.07, 6.45) is 2.77. The number of piperidine rings is 1. The van der Waals surface area contributed by atoms with E-state index in [4.69, 9.17) is 0 Å². The molecule has 0 spiro atoms. The minimum atomic E-state index is -2.98. The topological polar surface area (TPSA) is 83.5 Å². The van der Waals surface area contributed by atoms with Crippen LogP contribution >= 0.6 is 0 Å². The van der Waals surface area contributed by atoms with Crippen LogP contribution < -0.4 is 4.90 Å². The number of carbonyl (C=O) groups is 1. The van der Waals surface area contributed by atoms with Crippen molar-refractivity contribution < 1.29 is 13.2 Å². The second kappa shape index (κ2) is 7.50. The van der Waals surface area contributed by atoms with Gasteiger partial charge in [-0.05, 0) is 39.0 Å². The van der Waals surface area contributed by atoms with Crippen LogP contribution in [0.4, 0.5) is 5.82 Å². The third-order valence-electron chi connectivity index (χ3n) is 5.27. The van der Waals surface area contributed by atoms with Crippen molar-refractivity contribution in [1.82, 2.24) is 14.9 Å². The minimum Gasteiger partial charge on any atom is -0.353 e. The molecule has 1 amide bonds. The molecule has 2 atom stereocenters. The van der Waals surface area contributed by atoms with Crippen molar-refractivity contribution in [3.05, 3.63) is 17.6 Å². The normalized spacial score (nSPS) is 25.3. The number of nitrogens with zero attached hydrogens (tertiary/aromatic N) is 4. The van der Waals surface area contributed by atoms with E-state index in [0.29, 0.717) is 36.2 Å². The highest BCUT2D eigenvalue weighted by Gasteiger charge is 2.33. The molecule has 0 aromatic carbocycles.